The van der Waals surface area contributed by atoms with Crippen LogP contribution < -0.4 is 4.90 Å². The Hall–Kier alpha value is -2.12. The highest BCUT2D eigenvalue weighted by Gasteiger charge is 2.48. The van der Waals surface area contributed by atoms with Gasteiger partial charge in [-0.05, 0) is 37.0 Å². The molecule has 0 N–H and O–H groups in total. The van der Waals surface area contributed by atoms with Crippen molar-refractivity contribution in [3.05, 3.63) is 40.8 Å². The molecule has 2 aromatic rings. The van der Waals surface area contributed by atoms with Crippen molar-refractivity contribution < 1.29 is 9.59 Å². The summed E-state index contributed by atoms with van der Waals surface area (Å²) in [4.78, 5) is 31.3. The number of aromatic nitrogens is 1. The van der Waals surface area contributed by atoms with Crippen LogP contribution in [0.5, 0.6) is 0 Å². The summed E-state index contributed by atoms with van der Waals surface area (Å²) >= 11 is 1.60. The summed E-state index contributed by atoms with van der Waals surface area (Å²) in [6.45, 7) is 2.40. The van der Waals surface area contributed by atoms with E-state index in [2.05, 4.69) is 4.90 Å². The van der Waals surface area contributed by atoms with Crippen molar-refractivity contribution in [2.45, 2.75) is 12.0 Å². The Morgan fingerprint density at radius 2 is 2.08 bits per heavy atom. The van der Waals surface area contributed by atoms with Crippen molar-refractivity contribution >= 4 is 28.8 Å². The lowest BCUT2D eigenvalue weighted by atomic mass is 9.93. The van der Waals surface area contributed by atoms with Gasteiger partial charge in [-0.25, -0.2) is 0 Å². The van der Waals surface area contributed by atoms with Crippen LogP contribution in [-0.4, -0.2) is 64.9 Å². The number of nitrogens with zero attached hydrogens (tertiary/aromatic N) is 4. The fourth-order valence-electron chi connectivity index (χ4n) is 3.92. The first-order valence-corrected chi connectivity index (χ1v) is 9.39. The van der Waals surface area contributed by atoms with Crippen LogP contribution in [-0.2, 0) is 11.8 Å². The van der Waals surface area contributed by atoms with Crippen molar-refractivity contribution in [2.75, 3.05) is 38.1 Å². The number of anilines is 1. The van der Waals surface area contributed by atoms with Gasteiger partial charge >= 0.3 is 0 Å². The molecule has 6 nitrogen and oxygen atoms in total. The monoisotopic (exact) mass is 358 g/mol. The molecule has 0 bridgehead atoms. The summed E-state index contributed by atoms with van der Waals surface area (Å²) in [5.74, 6) is 0.190. The molecule has 2 aliphatic rings. The molecule has 2 saturated heterocycles. The van der Waals surface area contributed by atoms with Gasteiger partial charge in [-0.2, -0.15) is 11.3 Å². The van der Waals surface area contributed by atoms with Gasteiger partial charge < -0.3 is 14.4 Å². The number of aryl methyl sites for hydroxylation is 1. The molecule has 2 amide bonds. The van der Waals surface area contributed by atoms with Crippen molar-refractivity contribution in [3.63, 3.8) is 0 Å². The van der Waals surface area contributed by atoms with Crippen molar-refractivity contribution in [1.29, 1.82) is 0 Å². The number of amides is 2. The molecule has 0 radical (unpaired) electrons. The van der Waals surface area contributed by atoms with Gasteiger partial charge in [-0.15, -0.1) is 0 Å². The quantitative estimate of drug-likeness (QED) is 0.820. The van der Waals surface area contributed by atoms with Crippen LogP contribution in [0.15, 0.2) is 35.2 Å². The molecule has 1 atom stereocenters. The Kier molecular flexibility index (Phi) is 3.92. The van der Waals surface area contributed by atoms with E-state index in [1.807, 2.05) is 63.6 Å². The Bertz CT molecular complexity index is 800. The van der Waals surface area contributed by atoms with E-state index in [-0.39, 0.29) is 17.4 Å². The van der Waals surface area contributed by atoms with E-state index in [0.29, 0.717) is 25.3 Å². The van der Waals surface area contributed by atoms with Crippen molar-refractivity contribution in [2.24, 2.45) is 7.05 Å². The predicted molar refractivity (Wildman–Crippen MR) is 98.0 cm³/mol. The maximum Gasteiger partial charge on any atom is 0.270 e. The third-order valence-electron chi connectivity index (χ3n) is 5.54. The van der Waals surface area contributed by atoms with Crippen LogP contribution in [0.25, 0.3) is 0 Å². The second-order valence-electron chi connectivity index (χ2n) is 7.02. The van der Waals surface area contributed by atoms with Crippen LogP contribution in [0.1, 0.15) is 16.9 Å². The summed E-state index contributed by atoms with van der Waals surface area (Å²) < 4.78 is 1.86. The Labute approximate surface area is 151 Å². The van der Waals surface area contributed by atoms with Gasteiger partial charge in [0, 0.05) is 38.3 Å². The Morgan fingerprint density at radius 1 is 1.24 bits per heavy atom. The van der Waals surface area contributed by atoms with Crippen LogP contribution in [0, 0.1) is 0 Å². The molecule has 4 rings (SSSR count). The highest BCUT2D eigenvalue weighted by atomic mass is 32.1. The molecular weight excluding hydrogens is 336 g/mol. The smallest absolute Gasteiger partial charge is 0.270 e. The third-order valence-corrected chi connectivity index (χ3v) is 6.21. The van der Waals surface area contributed by atoms with E-state index < -0.39 is 0 Å². The fraction of sp³-hybridized carbons (Fsp3) is 0.444. The summed E-state index contributed by atoms with van der Waals surface area (Å²) in [5.41, 5.74) is 1.51. The summed E-state index contributed by atoms with van der Waals surface area (Å²) in [7, 11) is 3.89. The maximum absolute atomic E-state index is 12.8. The van der Waals surface area contributed by atoms with Gasteiger partial charge in [0.15, 0.2) is 0 Å². The molecule has 0 aliphatic carbocycles. The van der Waals surface area contributed by atoms with Gasteiger partial charge in [0.25, 0.3) is 5.91 Å². The maximum atomic E-state index is 12.8. The molecule has 4 heterocycles. The first-order valence-electron chi connectivity index (χ1n) is 8.45. The minimum Gasteiger partial charge on any atom is -0.347 e. The molecule has 1 spiro atoms. The number of thiophene rings is 1. The Balaban J connectivity index is 1.56. The van der Waals surface area contributed by atoms with Gasteiger partial charge in [0.1, 0.15) is 5.69 Å². The minimum absolute atomic E-state index is 0.0664. The topological polar surface area (TPSA) is 48.8 Å². The molecule has 2 aliphatic heterocycles. The first kappa shape index (κ1) is 16.4. The molecule has 0 saturated carbocycles. The van der Waals surface area contributed by atoms with Crippen LogP contribution in [0.4, 0.5) is 5.69 Å². The molecule has 25 heavy (non-hydrogen) atoms. The zero-order chi connectivity index (χ0) is 17.6. The van der Waals surface area contributed by atoms with E-state index in [1.54, 1.807) is 11.3 Å². The molecule has 132 valence electrons. The normalized spacial score (nSPS) is 24.5. The lowest BCUT2D eigenvalue weighted by Gasteiger charge is -2.46. The van der Waals surface area contributed by atoms with Crippen LogP contribution >= 0.6 is 11.3 Å². The standard InChI is InChI=1S/C18H22N4O2S/c1-19-7-3-4-15(19)17(24)21-8-6-18(12-21)13-22(14-5-9-25-11-14)16(23)10-20(18)2/h3-5,7,9,11H,6,8,10,12-13H2,1-2H3/t18-/m0/s1. The van der Waals surface area contributed by atoms with Gasteiger partial charge in [-0.3, -0.25) is 14.5 Å². The average Bonchev–Trinajstić information content (AvgIpc) is 3.32. The van der Waals surface area contributed by atoms with Crippen molar-refractivity contribution in [3.8, 4) is 0 Å². The summed E-state index contributed by atoms with van der Waals surface area (Å²) in [6, 6.07) is 5.74. The number of piperazine rings is 1. The number of rotatable bonds is 2. The van der Waals surface area contributed by atoms with Crippen molar-refractivity contribution in [1.82, 2.24) is 14.4 Å². The number of hydrogen-bond acceptors (Lipinski definition) is 4. The van der Waals surface area contributed by atoms with E-state index >= 15 is 0 Å². The highest BCUT2D eigenvalue weighted by Crippen LogP contribution is 2.34. The number of hydrogen-bond donors (Lipinski definition) is 0. The summed E-state index contributed by atoms with van der Waals surface area (Å²) in [5, 5.41) is 4.01. The lowest BCUT2D eigenvalue weighted by Crippen LogP contribution is -2.64. The average molecular weight is 358 g/mol. The van der Waals surface area contributed by atoms with E-state index in [4.69, 9.17) is 0 Å². The molecule has 0 aromatic carbocycles. The van der Waals surface area contributed by atoms with Crippen LogP contribution in [0.3, 0.4) is 0 Å². The number of likely N-dealkylation sites (tertiary alicyclic amines) is 1. The predicted octanol–water partition coefficient (Wildman–Crippen LogP) is 1.65. The number of carbonyl (C=O) groups excluding carboxylic acids is 2. The molecule has 2 fully saturated rings. The minimum atomic E-state index is -0.170. The summed E-state index contributed by atoms with van der Waals surface area (Å²) in [6.07, 6.45) is 2.77. The zero-order valence-corrected chi connectivity index (χ0v) is 15.3. The second-order valence-corrected chi connectivity index (χ2v) is 7.80. The van der Waals surface area contributed by atoms with Gasteiger partial charge in [-0.1, -0.05) is 0 Å². The zero-order valence-electron chi connectivity index (χ0n) is 14.5. The Morgan fingerprint density at radius 3 is 2.76 bits per heavy atom. The molecule has 2 aromatic heterocycles. The highest BCUT2D eigenvalue weighted by molar-refractivity contribution is 7.08. The lowest BCUT2D eigenvalue weighted by molar-refractivity contribution is -0.123. The number of likely N-dealkylation sites (N-methyl/N-ethyl adjacent to an activating group) is 1. The SMILES string of the molecule is CN1CC(=O)N(c2ccsc2)C[C@@]12CCN(C(=O)c1cccn1C)C2. The van der Waals surface area contributed by atoms with E-state index in [1.165, 1.54) is 0 Å². The van der Waals surface area contributed by atoms with E-state index in [9.17, 15) is 9.59 Å². The molecule has 0 unspecified atom stereocenters. The molecule has 7 heteroatoms. The fourth-order valence-corrected chi connectivity index (χ4v) is 4.56. The van der Waals surface area contributed by atoms with E-state index in [0.717, 1.165) is 18.7 Å². The van der Waals surface area contributed by atoms with Gasteiger partial charge in [0.2, 0.25) is 5.91 Å². The third kappa shape index (κ3) is 2.67. The van der Waals surface area contributed by atoms with Gasteiger partial charge in [0.05, 0.1) is 17.8 Å². The number of carbonyl (C=O) groups is 2. The first-order chi connectivity index (χ1) is 12.0. The molecular formula is C18H22N4O2S. The van der Waals surface area contributed by atoms with Crippen LogP contribution in [0.2, 0.25) is 0 Å². The second kappa shape index (κ2) is 6.00. The largest absolute Gasteiger partial charge is 0.347 e.